The van der Waals surface area contributed by atoms with Crippen LogP contribution in [0.2, 0.25) is 0 Å². The third-order valence-corrected chi connectivity index (χ3v) is 4.53. The van der Waals surface area contributed by atoms with E-state index in [1.807, 2.05) is 24.3 Å². The maximum absolute atomic E-state index is 12.4. The molecule has 0 unspecified atom stereocenters. The van der Waals surface area contributed by atoms with Crippen LogP contribution in [0, 0.1) is 5.92 Å². The van der Waals surface area contributed by atoms with Gasteiger partial charge in [0.15, 0.2) is 0 Å². The average molecular weight is 291 g/mol. The van der Waals surface area contributed by atoms with Crippen molar-refractivity contribution in [2.75, 3.05) is 4.90 Å². The predicted molar refractivity (Wildman–Crippen MR) is 85.1 cm³/mol. The lowest BCUT2D eigenvalue weighted by atomic mass is 10.1. The summed E-state index contributed by atoms with van der Waals surface area (Å²) in [4.78, 5) is 26.1. The van der Waals surface area contributed by atoms with Crippen molar-refractivity contribution in [2.45, 2.75) is 25.7 Å². The van der Waals surface area contributed by atoms with E-state index in [2.05, 4.69) is 0 Å². The minimum absolute atomic E-state index is 0.230. The summed E-state index contributed by atoms with van der Waals surface area (Å²) in [6.45, 7) is 0. The maximum Gasteiger partial charge on any atom is 0.266 e. The number of carbonyl (C=O) groups excluding carboxylic acids is 2. The Morgan fingerprint density at radius 3 is 2.00 bits per heavy atom. The van der Waals surface area contributed by atoms with Gasteiger partial charge in [-0.1, -0.05) is 37.1 Å². The summed E-state index contributed by atoms with van der Waals surface area (Å²) in [6.07, 6.45) is 5.06. The van der Waals surface area contributed by atoms with E-state index in [1.165, 1.54) is 29.7 Å². The molecular formula is C19H17NO2. The molecule has 3 nitrogen and oxygen atoms in total. The van der Waals surface area contributed by atoms with Crippen LogP contribution < -0.4 is 4.90 Å². The van der Waals surface area contributed by atoms with Gasteiger partial charge < -0.3 is 0 Å². The van der Waals surface area contributed by atoms with Crippen LogP contribution >= 0.6 is 0 Å². The van der Waals surface area contributed by atoms with Gasteiger partial charge in [-0.05, 0) is 48.6 Å². The Balaban J connectivity index is 1.57. The highest BCUT2D eigenvalue weighted by molar-refractivity contribution is 6.34. The number of benzene rings is 2. The SMILES string of the molecule is O=C1c2ccccc2C(=O)N1c1ccc(CCC2CC2)cc1. The number of aryl methyl sites for hydroxylation is 1. The zero-order valence-electron chi connectivity index (χ0n) is 12.3. The molecule has 1 heterocycles. The normalized spacial score (nSPS) is 17.0. The van der Waals surface area contributed by atoms with Gasteiger partial charge in [-0.25, -0.2) is 4.90 Å². The van der Waals surface area contributed by atoms with E-state index in [9.17, 15) is 9.59 Å². The van der Waals surface area contributed by atoms with Crippen molar-refractivity contribution < 1.29 is 9.59 Å². The minimum Gasteiger partial charge on any atom is -0.268 e. The maximum atomic E-state index is 12.4. The fourth-order valence-electron chi connectivity index (χ4n) is 3.01. The second kappa shape index (κ2) is 5.09. The number of imide groups is 1. The van der Waals surface area contributed by atoms with Crippen LogP contribution in [-0.2, 0) is 6.42 Å². The molecule has 4 rings (SSSR count). The van der Waals surface area contributed by atoms with Gasteiger partial charge in [-0.2, -0.15) is 0 Å². The second-order valence-corrected chi connectivity index (χ2v) is 6.14. The number of hydrogen-bond donors (Lipinski definition) is 0. The van der Waals surface area contributed by atoms with Gasteiger partial charge in [0.2, 0.25) is 0 Å². The van der Waals surface area contributed by atoms with Crippen LogP contribution in [-0.4, -0.2) is 11.8 Å². The van der Waals surface area contributed by atoms with Gasteiger partial charge in [0.05, 0.1) is 16.8 Å². The Kier molecular flexibility index (Phi) is 3.07. The quantitative estimate of drug-likeness (QED) is 0.803. The highest BCUT2D eigenvalue weighted by atomic mass is 16.2. The van der Waals surface area contributed by atoms with Gasteiger partial charge >= 0.3 is 0 Å². The third kappa shape index (κ3) is 2.23. The van der Waals surface area contributed by atoms with E-state index in [1.54, 1.807) is 24.3 Å². The molecule has 0 radical (unpaired) electrons. The number of carbonyl (C=O) groups is 2. The van der Waals surface area contributed by atoms with Crippen molar-refractivity contribution in [3.8, 4) is 0 Å². The zero-order valence-corrected chi connectivity index (χ0v) is 12.3. The Morgan fingerprint density at radius 1 is 0.864 bits per heavy atom. The fraction of sp³-hybridized carbons (Fsp3) is 0.263. The molecule has 110 valence electrons. The molecule has 2 amide bonds. The highest BCUT2D eigenvalue weighted by Gasteiger charge is 2.36. The smallest absolute Gasteiger partial charge is 0.266 e. The van der Waals surface area contributed by atoms with Crippen LogP contribution in [0.4, 0.5) is 5.69 Å². The molecule has 2 aliphatic rings. The van der Waals surface area contributed by atoms with Crippen LogP contribution in [0.15, 0.2) is 48.5 Å². The van der Waals surface area contributed by atoms with Crippen molar-refractivity contribution in [3.63, 3.8) is 0 Å². The molecule has 0 aromatic heterocycles. The minimum atomic E-state index is -0.230. The van der Waals surface area contributed by atoms with Crippen LogP contribution in [0.3, 0.4) is 0 Å². The molecule has 0 atom stereocenters. The molecule has 0 bridgehead atoms. The molecule has 2 aromatic rings. The molecule has 1 fully saturated rings. The van der Waals surface area contributed by atoms with Gasteiger partial charge in [0.25, 0.3) is 11.8 Å². The van der Waals surface area contributed by atoms with Crippen molar-refractivity contribution in [1.82, 2.24) is 0 Å². The Bertz CT molecular complexity index is 709. The van der Waals surface area contributed by atoms with Crippen molar-refractivity contribution >= 4 is 17.5 Å². The molecular weight excluding hydrogens is 274 g/mol. The van der Waals surface area contributed by atoms with E-state index in [0.717, 1.165) is 12.3 Å². The topological polar surface area (TPSA) is 37.4 Å². The first-order chi connectivity index (χ1) is 10.7. The fourth-order valence-corrected chi connectivity index (χ4v) is 3.01. The number of amides is 2. The van der Waals surface area contributed by atoms with Gasteiger partial charge in [0.1, 0.15) is 0 Å². The zero-order chi connectivity index (χ0) is 15.1. The monoisotopic (exact) mass is 291 g/mol. The molecule has 22 heavy (non-hydrogen) atoms. The first-order valence-corrected chi connectivity index (χ1v) is 7.81. The Morgan fingerprint density at radius 2 is 1.45 bits per heavy atom. The average Bonchev–Trinajstić information content (AvgIpc) is 3.34. The molecule has 1 saturated carbocycles. The number of hydrogen-bond acceptors (Lipinski definition) is 2. The largest absolute Gasteiger partial charge is 0.268 e. The van der Waals surface area contributed by atoms with Crippen molar-refractivity contribution in [1.29, 1.82) is 0 Å². The van der Waals surface area contributed by atoms with Crippen LogP contribution in [0.25, 0.3) is 0 Å². The van der Waals surface area contributed by atoms with E-state index in [-0.39, 0.29) is 11.8 Å². The van der Waals surface area contributed by atoms with E-state index in [4.69, 9.17) is 0 Å². The Labute approximate surface area is 129 Å². The van der Waals surface area contributed by atoms with Gasteiger partial charge in [0, 0.05) is 0 Å². The molecule has 0 spiro atoms. The van der Waals surface area contributed by atoms with Crippen LogP contribution in [0.1, 0.15) is 45.5 Å². The van der Waals surface area contributed by atoms with E-state index >= 15 is 0 Å². The summed E-state index contributed by atoms with van der Waals surface area (Å²) in [5.74, 6) is 0.452. The lowest BCUT2D eigenvalue weighted by molar-refractivity contribution is 0.0926. The number of rotatable bonds is 4. The standard InChI is InChI=1S/C19H17NO2/c21-18-16-3-1-2-4-17(16)19(22)20(18)15-11-9-14(10-12-15)8-7-13-5-6-13/h1-4,9-13H,5-8H2. The Hall–Kier alpha value is -2.42. The predicted octanol–water partition coefficient (Wildman–Crippen LogP) is 3.83. The first kappa shape index (κ1) is 13.3. The van der Waals surface area contributed by atoms with Crippen molar-refractivity contribution in [2.24, 2.45) is 5.92 Å². The third-order valence-electron chi connectivity index (χ3n) is 4.53. The second-order valence-electron chi connectivity index (χ2n) is 6.14. The molecule has 0 saturated heterocycles. The lowest BCUT2D eigenvalue weighted by Gasteiger charge is -2.14. The summed E-state index contributed by atoms with van der Waals surface area (Å²) in [6, 6.07) is 14.8. The lowest BCUT2D eigenvalue weighted by Crippen LogP contribution is -2.29. The van der Waals surface area contributed by atoms with Gasteiger partial charge in [-0.15, -0.1) is 0 Å². The van der Waals surface area contributed by atoms with E-state index < -0.39 is 0 Å². The summed E-state index contributed by atoms with van der Waals surface area (Å²) >= 11 is 0. The molecule has 1 aliphatic heterocycles. The van der Waals surface area contributed by atoms with Crippen LogP contribution in [0.5, 0.6) is 0 Å². The number of nitrogens with zero attached hydrogens (tertiary/aromatic N) is 1. The molecule has 0 N–H and O–H groups in total. The summed E-state index contributed by atoms with van der Waals surface area (Å²) in [5.41, 5.74) is 2.91. The number of fused-ring (bicyclic) bond motifs is 1. The molecule has 1 aliphatic carbocycles. The van der Waals surface area contributed by atoms with E-state index in [0.29, 0.717) is 16.8 Å². The summed E-state index contributed by atoms with van der Waals surface area (Å²) < 4.78 is 0. The van der Waals surface area contributed by atoms with Crippen molar-refractivity contribution in [3.05, 3.63) is 65.2 Å². The molecule has 2 aromatic carbocycles. The highest BCUT2D eigenvalue weighted by Crippen LogP contribution is 2.34. The summed E-state index contributed by atoms with van der Waals surface area (Å²) in [7, 11) is 0. The summed E-state index contributed by atoms with van der Waals surface area (Å²) in [5, 5.41) is 0. The molecule has 3 heteroatoms. The van der Waals surface area contributed by atoms with Gasteiger partial charge in [-0.3, -0.25) is 9.59 Å². The number of anilines is 1. The first-order valence-electron chi connectivity index (χ1n) is 7.81.